The molecule has 5 nitrogen and oxygen atoms in total. The molecular weight excluding hydrogens is 250 g/mol. The van der Waals surface area contributed by atoms with Gasteiger partial charge in [-0.2, -0.15) is 5.10 Å². The van der Waals surface area contributed by atoms with Crippen LogP contribution in [0.3, 0.4) is 0 Å². The van der Waals surface area contributed by atoms with Crippen molar-refractivity contribution >= 4 is 26.4 Å². The van der Waals surface area contributed by atoms with E-state index in [4.69, 9.17) is 0 Å². The first-order chi connectivity index (χ1) is 8.50. The van der Waals surface area contributed by atoms with Crippen LogP contribution in [0.1, 0.15) is 13.8 Å². The van der Waals surface area contributed by atoms with Gasteiger partial charge >= 0.3 is 0 Å². The van der Waals surface area contributed by atoms with Crippen LogP contribution < -0.4 is 5.32 Å². The standard InChI is InChI=1S/C12H17N3O2S/c1-3-18(16,17)8-9(2)14-11-4-5-12-10(6-11)7-13-15-12/h4-7,9,14H,3,8H2,1-2H3,(H,13,15). The van der Waals surface area contributed by atoms with Crippen molar-refractivity contribution < 1.29 is 8.42 Å². The predicted octanol–water partition coefficient (Wildman–Crippen LogP) is 1.80. The van der Waals surface area contributed by atoms with Gasteiger partial charge in [-0.15, -0.1) is 0 Å². The first-order valence-corrected chi connectivity index (χ1v) is 7.72. The SMILES string of the molecule is CCS(=O)(=O)CC(C)Nc1ccc2[nH]ncc2c1. The van der Waals surface area contributed by atoms with Gasteiger partial charge < -0.3 is 5.32 Å². The summed E-state index contributed by atoms with van der Waals surface area (Å²) in [4.78, 5) is 0. The van der Waals surface area contributed by atoms with E-state index < -0.39 is 9.84 Å². The maximum atomic E-state index is 11.5. The molecule has 2 rings (SSSR count). The molecule has 0 saturated heterocycles. The Morgan fingerprint density at radius 3 is 2.94 bits per heavy atom. The lowest BCUT2D eigenvalue weighted by atomic mass is 10.2. The average molecular weight is 267 g/mol. The lowest BCUT2D eigenvalue weighted by molar-refractivity contribution is 0.593. The zero-order chi connectivity index (χ0) is 13.2. The Morgan fingerprint density at radius 2 is 2.22 bits per heavy atom. The fraction of sp³-hybridized carbons (Fsp3) is 0.417. The molecule has 1 aromatic carbocycles. The number of aromatic nitrogens is 2. The monoisotopic (exact) mass is 267 g/mol. The third-order valence-corrected chi connectivity index (χ3v) is 4.68. The highest BCUT2D eigenvalue weighted by Gasteiger charge is 2.13. The molecule has 0 aliphatic heterocycles. The molecule has 1 heterocycles. The molecule has 0 amide bonds. The summed E-state index contributed by atoms with van der Waals surface area (Å²) in [5.74, 6) is 0.326. The highest BCUT2D eigenvalue weighted by Crippen LogP contribution is 2.17. The molecule has 2 aromatic rings. The van der Waals surface area contributed by atoms with Gasteiger partial charge in [0.2, 0.25) is 0 Å². The number of hydrogen-bond acceptors (Lipinski definition) is 4. The van der Waals surface area contributed by atoms with Gasteiger partial charge in [-0.1, -0.05) is 6.92 Å². The summed E-state index contributed by atoms with van der Waals surface area (Å²) in [6.07, 6.45) is 1.74. The Balaban J connectivity index is 2.08. The minimum absolute atomic E-state index is 0.112. The lowest BCUT2D eigenvalue weighted by Crippen LogP contribution is -2.26. The van der Waals surface area contributed by atoms with E-state index in [-0.39, 0.29) is 17.5 Å². The lowest BCUT2D eigenvalue weighted by Gasteiger charge is -2.14. The van der Waals surface area contributed by atoms with Crippen LogP contribution >= 0.6 is 0 Å². The molecule has 0 aliphatic rings. The van der Waals surface area contributed by atoms with Gasteiger partial charge in [0.15, 0.2) is 9.84 Å². The maximum Gasteiger partial charge on any atom is 0.152 e. The van der Waals surface area contributed by atoms with Crippen LogP contribution in [0.2, 0.25) is 0 Å². The van der Waals surface area contributed by atoms with Gasteiger partial charge in [0.05, 0.1) is 17.5 Å². The van der Waals surface area contributed by atoms with Crippen LogP contribution in [-0.4, -0.2) is 36.2 Å². The second-order valence-corrected chi connectivity index (χ2v) is 6.81. The summed E-state index contributed by atoms with van der Waals surface area (Å²) in [7, 11) is -2.95. The van der Waals surface area contributed by atoms with Crippen molar-refractivity contribution in [3.63, 3.8) is 0 Å². The normalized spacial score (nSPS) is 13.7. The third kappa shape index (κ3) is 3.01. The number of nitrogens with one attached hydrogen (secondary N) is 2. The second kappa shape index (κ2) is 4.97. The Morgan fingerprint density at radius 1 is 1.44 bits per heavy atom. The Kier molecular flexibility index (Phi) is 3.56. The van der Waals surface area contributed by atoms with E-state index in [2.05, 4.69) is 15.5 Å². The quantitative estimate of drug-likeness (QED) is 0.866. The van der Waals surface area contributed by atoms with E-state index in [0.717, 1.165) is 16.6 Å². The van der Waals surface area contributed by atoms with Crippen molar-refractivity contribution in [1.29, 1.82) is 0 Å². The second-order valence-electron chi connectivity index (χ2n) is 4.42. The molecule has 0 bridgehead atoms. The van der Waals surface area contributed by atoms with Gasteiger partial charge in [0, 0.05) is 22.9 Å². The first-order valence-electron chi connectivity index (χ1n) is 5.90. The fourth-order valence-corrected chi connectivity index (χ4v) is 2.94. The van der Waals surface area contributed by atoms with E-state index >= 15 is 0 Å². The van der Waals surface area contributed by atoms with Crippen LogP contribution in [-0.2, 0) is 9.84 Å². The largest absolute Gasteiger partial charge is 0.382 e. The number of sulfone groups is 1. The number of rotatable bonds is 5. The maximum absolute atomic E-state index is 11.5. The summed E-state index contributed by atoms with van der Waals surface area (Å²) >= 11 is 0. The third-order valence-electron chi connectivity index (χ3n) is 2.80. The summed E-state index contributed by atoms with van der Waals surface area (Å²) < 4.78 is 23.0. The van der Waals surface area contributed by atoms with Gasteiger partial charge in [-0.25, -0.2) is 8.42 Å². The molecule has 0 spiro atoms. The number of anilines is 1. The Hall–Kier alpha value is -1.56. The highest BCUT2D eigenvalue weighted by molar-refractivity contribution is 7.91. The van der Waals surface area contributed by atoms with Crippen LogP contribution in [0.25, 0.3) is 10.9 Å². The van der Waals surface area contributed by atoms with Crippen molar-refractivity contribution in [3.05, 3.63) is 24.4 Å². The van der Waals surface area contributed by atoms with Crippen LogP contribution in [0.15, 0.2) is 24.4 Å². The molecule has 1 atom stereocenters. The van der Waals surface area contributed by atoms with Crippen molar-refractivity contribution in [2.24, 2.45) is 0 Å². The van der Waals surface area contributed by atoms with Crippen molar-refractivity contribution in [2.75, 3.05) is 16.8 Å². The summed E-state index contributed by atoms with van der Waals surface area (Å²) in [5.41, 5.74) is 1.87. The van der Waals surface area contributed by atoms with Crippen LogP contribution in [0, 0.1) is 0 Å². The number of benzene rings is 1. The number of H-pyrrole nitrogens is 1. The van der Waals surface area contributed by atoms with Gasteiger partial charge in [-0.3, -0.25) is 5.10 Å². The van der Waals surface area contributed by atoms with E-state index in [0.29, 0.717) is 0 Å². The van der Waals surface area contributed by atoms with Crippen LogP contribution in [0.4, 0.5) is 5.69 Å². The highest BCUT2D eigenvalue weighted by atomic mass is 32.2. The summed E-state index contributed by atoms with van der Waals surface area (Å²) in [5, 5.41) is 11.0. The van der Waals surface area contributed by atoms with Crippen molar-refractivity contribution in [2.45, 2.75) is 19.9 Å². The molecule has 1 unspecified atom stereocenters. The molecule has 18 heavy (non-hydrogen) atoms. The van der Waals surface area contributed by atoms with Crippen molar-refractivity contribution in [3.8, 4) is 0 Å². The fourth-order valence-electron chi connectivity index (χ4n) is 1.86. The van der Waals surface area contributed by atoms with Gasteiger partial charge in [0.1, 0.15) is 0 Å². The molecule has 0 aliphatic carbocycles. The summed E-state index contributed by atoms with van der Waals surface area (Å²) in [6.45, 7) is 3.53. The van der Waals surface area contributed by atoms with E-state index in [1.165, 1.54) is 0 Å². The smallest absolute Gasteiger partial charge is 0.152 e. The van der Waals surface area contributed by atoms with E-state index in [1.807, 2.05) is 25.1 Å². The predicted molar refractivity (Wildman–Crippen MR) is 73.5 cm³/mol. The van der Waals surface area contributed by atoms with Gasteiger partial charge in [-0.05, 0) is 25.1 Å². The van der Waals surface area contributed by atoms with Gasteiger partial charge in [0.25, 0.3) is 0 Å². The number of nitrogens with zero attached hydrogens (tertiary/aromatic N) is 1. The van der Waals surface area contributed by atoms with E-state index in [9.17, 15) is 8.42 Å². The first kappa shape index (κ1) is 12.9. The van der Waals surface area contributed by atoms with Crippen LogP contribution in [0.5, 0.6) is 0 Å². The Bertz CT molecular complexity index is 634. The molecule has 1 aromatic heterocycles. The zero-order valence-corrected chi connectivity index (χ0v) is 11.3. The molecule has 0 radical (unpaired) electrons. The number of fused-ring (bicyclic) bond motifs is 1. The molecule has 0 saturated carbocycles. The molecule has 98 valence electrons. The molecule has 6 heteroatoms. The Labute approximate surface area is 107 Å². The number of aromatic amines is 1. The molecule has 2 N–H and O–H groups in total. The molecular formula is C12H17N3O2S. The molecule has 0 fully saturated rings. The average Bonchev–Trinajstić information content (AvgIpc) is 2.75. The topological polar surface area (TPSA) is 74.8 Å². The minimum atomic E-state index is -2.95. The van der Waals surface area contributed by atoms with Crippen molar-refractivity contribution in [1.82, 2.24) is 10.2 Å². The minimum Gasteiger partial charge on any atom is -0.382 e. The zero-order valence-electron chi connectivity index (χ0n) is 10.5. The number of hydrogen-bond donors (Lipinski definition) is 2. The van der Waals surface area contributed by atoms with E-state index in [1.54, 1.807) is 13.1 Å². The summed E-state index contributed by atoms with van der Waals surface area (Å²) in [6, 6.07) is 5.68.